The van der Waals surface area contributed by atoms with Gasteiger partial charge in [0.25, 0.3) is 0 Å². The summed E-state index contributed by atoms with van der Waals surface area (Å²) in [5.41, 5.74) is 5.67. The molecule has 0 aliphatic rings. The highest BCUT2D eigenvalue weighted by Crippen LogP contribution is 2.07. The minimum Gasteiger partial charge on any atom is -0.377 e. The molecule has 2 heteroatoms. The van der Waals surface area contributed by atoms with Crippen LogP contribution < -0.4 is 5.73 Å². The number of hydrogen-bond acceptors (Lipinski definition) is 2. The molecule has 12 heavy (non-hydrogen) atoms. The molecule has 0 saturated carbocycles. The molecule has 0 aromatic rings. The predicted molar refractivity (Wildman–Crippen MR) is 53.1 cm³/mol. The van der Waals surface area contributed by atoms with Gasteiger partial charge in [0.1, 0.15) is 0 Å². The molecule has 2 nitrogen and oxygen atoms in total. The van der Waals surface area contributed by atoms with E-state index in [4.69, 9.17) is 10.5 Å². The van der Waals surface area contributed by atoms with Crippen LogP contribution in [0.5, 0.6) is 0 Å². The van der Waals surface area contributed by atoms with Gasteiger partial charge in [-0.05, 0) is 26.2 Å². The highest BCUT2D eigenvalue weighted by Gasteiger charge is 2.09. The fourth-order valence-electron chi connectivity index (χ4n) is 1.04. The summed E-state index contributed by atoms with van der Waals surface area (Å²) in [5.74, 6) is 0.663. The molecule has 0 aliphatic heterocycles. The van der Waals surface area contributed by atoms with Crippen molar-refractivity contribution in [2.45, 2.75) is 52.7 Å². The fraction of sp³-hybridized carbons (Fsp3) is 1.00. The maximum absolute atomic E-state index is 5.67. The van der Waals surface area contributed by atoms with Crippen molar-refractivity contribution in [1.29, 1.82) is 0 Å². The summed E-state index contributed by atoms with van der Waals surface area (Å²) in [5, 5.41) is 0. The van der Waals surface area contributed by atoms with E-state index in [-0.39, 0.29) is 12.1 Å². The minimum atomic E-state index is 0.138. The second-order valence-corrected chi connectivity index (χ2v) is 3.79. The standard InChI is InChI=1S/C10H23NO/c1-5-6-8(2)7-12-10(4)9(3)11/h8-10H,5-7,11H2,1-4H3/t8?,9-,10?/m0/s1. The third-order valence-corrected chi connectivity index (χ3v) is 2.17. The van der Waals surface area contributed by atoms with Crippen LogP contribution in [0, 0.1) is 5.92 Å². The SMILES string of the molecule is CCCC(C)COC(C)[C@H](C)N. The second-order valence-electron chi connectivity index (χ2n) is 3.79. The quantitative estimate of drug-likeness (QED) is 0.668. The van der Waals surface area contributed by atoms with Crippen LogP contribution in [0.1, 0.15) is 40.5 Å². The fourth-order valence-corrected chi connectivity index (χ4v) is 1.04. The lowest BCUT2D eigenvalue weighted by Crippen LogP contribution is -2.32. The van der Waals surface area contributed by atoms with Crippen molar-refractivity contribution in [3.05, 3.63) is 0 Å². The Hall–Kier alpha value is -0.0800. The van der Waals surface area contributed by atoms with Gasteiger partial charge in [0.05, 0.1) is 6.10 Å². The Morgan fingerprint density at radius 1 is 1.25 bits per heavy atom. The van der Waals surface area contributed by atoms with E-state index in [0.29, 0.717) is 5.92 Å². The highest BCUT2D eigenvalue weighted by molar-refractivity contribution is 4.63. The van der Waals surface area contributed by atoms with Crippen molar-refractivity contribution in [3.63, 3.8) is 0 Å². The van der Waals surface area contributed by atoms with E-state index in [1.165, 1.54) is 12.8 Å². The molecule has 2 N–H and O–H groups in total. The molecule has 0 radical (unpaired) electrons. The van der Waals surface area contributed by atoms with Gasteiger partial charge in [-0.1, -0.05) is 20.3 Å². The molecule has 0 saturated heterocycles. The van der Waals surface area contributed by atoms with Gasteiger partial charge in [-0.15, -0.1) is 0 Å². The summed E-state index contributed by atoms with van der Waals surface area (Å²) in [7, 11) is 0. The van der Waals surface area contributed by atoms with Gasteiger partial charge in [0.15, 0.2) is 0 Å². The third-order valence-electron chi connectivity index (χ3n) is 2.17. The lowest BCUT2D eigenvalue weighted by molar-refractivity contribution is 0.0302. The predicted octanol–water partition coefficient (Wildman–Crippen LogP) is 2.17. The first-order valence-corrected chi connectivity index (χ1v) is 4.95. The summed E-state index contributed by atoms with van der Waals surface area (Å²) in [6.07, 6.45) is 2.66. The molecule has 0 heterocycles. The lowest BCUT2D eigenvalue weighted by atomic mass is 10.1. The molecule has 3 atom stereocenters. The number of ether oxygens (including phenoxy) is 1. The van der Waals surface area contributed by atoms with E-state index in [0.717, 1.165) is 6.61 Å². The Morgan fingerprint density at radius 3 is 2.25 bits per heavy atom. The molecule has 2 unspecified atom stereocenters. The van der Waals surface area contributed by atoms with Crippen molar-refractivity contribution in [1.82, 2.24) is 0 Å². The van der Waals surface area contributed by atoms with E-state index < -0.39 is 0 Å². The molecule has 0 amide bonds. The Bertz CT molecular complexity index is 104. The molecule has 0 bridgehead atoms. The minimum absolute atomic E-state index is 0.138. The Balaban J connectivity index is 3.40. The Kier molecular flexibility index (Phi) is 6.39. The summed E-state index contributed by atoms with van der Waals surface area (Å²) in [6, 6.07) is 0.138. The van der Waals surface area contributed by atoms with Gasteiger partial charge in [-0.25, -0.2) is 0 Å². The molecule has 0 aromatic heterocycles. The zero-order valence-electron chi connectivity index (χ0n) is 8.84. The molecule has 0 rings (SSSR count). The van der Waals surface area contributed by atoms with Crippen LogP contribution in [0.4, 0.5) is 0 Å². The number of hydrogen-bond donors (Lipinski definition) is 1. The van der Waals surface area contributed by atoms with Crippen LogP contribution in [0.2, 0.25) is 0 Å². The van der Waals surface area contributed by atoms with Gasteiger partial charge < -0.3 is 10.5 Å². The Labute approximate surface area is 76.5 Å². The number of nitrogens with two attached hydrogens (primary N) is 1. The van der Waals surface area contributed by atoms with Crippen molar-refractivity contribution >= 4 is 0 Å². The summed E-state index contributed by atoms with van der Waals surface area (Å²) < 4.78 is 5.59. The summed E-state index contributed by atoms with van der Waals surface area (Å²) >= 11 is 0. The van der Waals surface area contributed by atoms with Crippen LogP contribution in [-0.2, 0) is 4.74 Å². The topological polar surface area (TPSA) is 35.2 Å². The van der Waals surface area contributed by atoms with E-state index >= 15 is 0 Å². The zero-order valence-corrected chi connectivity index (χ0v) is 8.84. The van der Waals surface area contributed by atoms with Crippen molar-refractivity contribution < 1.29 is 4.74 Å². The molecule has 0 aromatic carbocycles. The van der Waals surface area contributed by atoms with Crippen molar-refractivity contribution in [3.8, 4) is 0 Å². The van der Waals surface area contributed by atoms with Crippen LogP contribution in [-0.4, -0.2) is 18.8 Å². The van der Waals surface area contributed by atoms with Gasteiger partial charge in [-0.2, -0.15) is 0 Å². The van der Waals surface area contributed by atoms with Crippen molar-refractivity contribution in [2.75, 3.05) is 6.61 Å². The third kappa shape index (κ3) is 5.56. The van der Waals surface area contributed by atoms with E-state index in [2.05, 4.69) is 13.8 Å². The average Bonchev–Trinajstić information content (AvgIpc) is 2.00. The van der Waals surface area contributed by atoms with Gasteiger partial charge in [0.2, 0.25) is 0 Å². The van der Waals surface area contributed by atoms with Crippen LogP contribution in [0.15, 0.2) is 0 Å². The van der Waals surface area contributed by atoms with Gasteiger partial charge >= 0.3 is 0 Å². The van der Waals surface area contributed by atoms with Gasteiger partial charge in [-0.3, -0.25) is 0 Å². The molecular weight excluding hydrogens is 150 g/mol. The molecule has 0 spiro atoms. The zero-order chi connectivity index (χ0) is 9.56. The Morgan fingerprint density at radius 2 is 1.83 bits per heavy atom. The monoisotopic (exact) mass is 173 g/mol. The molecule has 74 valence electrons. The molecule has 0 fully saturated rings. The normalized spacial score (nSPS) is 18.8. The lowest BCUT2D eigenvalue weighted by Gasteiger charge is -2.19. The maximum atomic E-state index is 5.67. The first-order chi connectivity index (χ1) is 5.57. The maximum Gasteiger partial charge on any atom is 0.0695 e. The van der Waals surface area contributed by atoms with Crippen LogP contribution in [0.25, 0.3) is 0 Å². The molecular formula is C10H23NO. The first kappa shape index (κ1) is 11.9. The largest absolute Gasteiger partial charge is 0.377 e. The van der Waals surface area contributed by atoms with Crippen molar-refractivity contribution in [2.24, 2.45) is 11.7 Å². The summed E-state index contributed by atoms with van der Waals surface area (Å²) in [6.45, 7) is 9.28. The second kappa shape index (κ2) is 6.44. The van der Waals surface area contributed by atoms with E-state index in [9.17, 15) is 0 Å². The molecule has 0 aliphatic carbocycles. The average molecular weight is 173 g/mol. The summed E-state index contributed by atoms with van der Waals surface area (Å²) in [4.78, 5) is 0. The van der Waals surface area contributed by atoms with E-state index in [1.54, 1.807) is 0 Å². The first-order valence-electron chi connectivity index (χ1n) is 4.95. The highest BCUT2D eigenvalue weighted by atomic mass is 16.5. The van der Waals surface area contributed by atoms with Gasteiger partial charge in [0, 0.05) is 12.6 Å². The van der Waals surface area contributed by atoms with E-state index in [1.807, 2.05) is 13.8 Å². The van der Waals surface area contributed by atoms with Crippen LogP contribution >= 0.6 is 0 Å². The smallest absolute Gasteiger partial charge is 0.0695 e. The van der Waals surface area contributed by atoms with Crippen LogP contribution in [0.3, 0.4) is 0 Å². The number of rotatable bonds is 6.